The van der Waals surface area contributed by atoms with E-state index in [1.54, 1.807) is 27.7 Å². The fourth-order valence-electron chi connectivity index (χ4n) is 3.26. The predicted octanol–water partition coefficient (Wildman–Crippen LogP) is 2.65. The van der Waals surface area contributed by atoms with Crippen LogP contribution in [0.1, 0.15) is 40.3 Å². The standard InChI is InChI=1S/C19H26ClFN5O8P/c1-5-31-15(27)16(35(29)30)32-7-9-6-10(21)14(33-9)26-8-22-11-12(23-17(20)25-13(11)26)24-18(28)34-19(2,3)4/h8-10,14,16,29-30H,5-7H2,1-4H3,(H,23,24,25,28). The quantitative estimate of drug-likeness (QED) is 0.257. The van der Waals surface area contributed by atoms with Crippen LogP contribution in [-0.2, 0) is 23.7 Å². The van der Waals surface area contributed by atoms with Gasteiger partial charge in [-0.25, -0.2) is 19.0 Å². The van der Waals surface area contributed by atoms with Gasteiger partial charge in [0.1, 0.15) is 11.8 Å². The molecule has 4 atom stereocenters. The van der Waals surface area contributed by atoms with Crippen LogP contribution in [0.3, 0.4) is 0 Å². The number of halogens is 2. The summed E-state index contributed by atoms with van der Waals surface area (Å²) < 4.78 is 37.1. The average molecular weight is 538 g/mol. The van der Waals surface area contributed by atoms with Crippen LogP contribution in [0.15, 0.2) is 6.33 Å². The Morgan fingerprint density at radius 3 is 2.74 bits per heavy atom. The fraction of sp³-hybridized carbons (Fsp3) is 0.632. The molecule has 3 rings (SSSR count). The highest BCUT2D eigenvalue weighted by Crippen LogP contribution is 2.37. The van der Waals surface area contributed by atoms with E-state index >= 15 is 0 Å². The second kappa shape index (κ2) is 11.2. The summed E-state index contributed by atoms with van der Waals surface area (Å²) in [7, 11) is -2.78. The van der Waals surface area contributed by atoms with Crippen molar-refractivity contribution in [2.45, 2.75) is 64.1 Å². The molecule has 2 aromatic heterocycles. The van der Waals surface area contributed by atoms with Crippen molar-refractivity contribution in [2.75, 3.05) is 18.5 Å². The zero-order valence-electron chi connectivity index (χ0n) is 19.3. The van der Waals surface area contributed by atoms with E-state index < -0.39 is 50.4 Å². The minimum Gasteiger partial charge on any atom is -0.464 e. The number of carbonyl (C=O) groups excluding carboxylic acids is 2. The summed E-state index contributed by atoms with van der Waals surface area (Å²) in [5.74, 6) is -2.57. The summed E-state index contributed by atoms with van der Waals surface area (Å²) in [4.78, 5) is 55.1. The van der Waals surface area contributed by atoms with Crippen LogP contribution < -0.4 is 5.32 Å². The van der Waals surface area contributed by atoms with E-state index in [2.05, 4.69) is 20.3 Å². The summed E-state index contributed by atoms with van der Waals surface area (Å²) in [6, 6.07) is 0. The number of nitrogens with zero attached hydrogens (tertiary/aromatic N) is 4. The zero-order chi connectivity index (χ0) is 25.9. The Morgan fingerprint density at radius 1 is 1.40 bits per heavy atom. The number of rotatable bonds is 8. The molecule has 1 amide bonds. The number of anilines is 1. The number of fused-ring (bicyclic) bond motifs is 1. The molecule has 0 aliphatic carbocycles. The summed E-state index contributed by atoms with van der Waals surface area (Å²) in [6.07, 6.45) is -3.17. The van der Waals surface area contributed by atoms with E-state index in [1.807, 2.05) is 0 Å². The lowest BCUT2D eigenvalue weighted by Crippen LogP contribution is -2.29. The van der Waals surface area contributed by atoms with Gasteiger partial charge in [-0.05, 0) is 39.3 Å². The van der Waals surface area contributed by atoms with Crippen molar-refractivity contribution >= 4 is 49.0 Å². The smallest absolute Gasteiger partial charge is 0.413 e. The third-order valence-electron chi connectivity index (χ3n) is 4.55. The maximum atomic E-state index is 14.9. The average Bonchev–Trinajstić information content (AvgIpc) is 3.29. The molecule has 1 fully saturated rings. The molecule has 0 saturated carbocycles. The molecule has 0 radical (unpaired) electrons. The number of hydrogen-bond acceptors (Lipinski definition) is 11. The second-order valence-electron chi connectivity index (χ2n) is 8.45. The van der Waals surface area contributed by atoms with Crippen LogP contribution in [-0.4, -0.2) is 78.3 Å². The minimum absolute atomic E-state index is 0.0271. The third kappa shape index (κ3) is 6.93. The topological polar surface area (TPSA) is 167 Å². The molecular formula is C19H26ClFN5O8P. The van der Waals surface area contributed by atoms with Crippen LogP contribution in [0, 0.1) is 0 Å². The SMILES string of the molecule is CCOC(=O)C(OCC1CC(F)C(n2cnc3c(NC(=O)OC(C)(C)C)nc(Cl)nc32)O1)P(O)O. The van der Waals surface area contributed by atoms with Gasteiger partial charge in [-0.3, -0.25) is 9.88 Å². The second-order valence-corrected chi connectivity index (χ2v) is 9.90. The van der Waals surface area contributed by atoms with Crippen molar-refractivity contribution < 1.29 is 42.7 Å². The first-order valence-electron chi connectivity index (χ1n) is 10.5. The van der Waals surface area contributed by atoms with Gasteiger partial charge in [0.05, 0.1) is 25.6 Å². The molecule has 35 heavy (non-hydrogen) atoms. The van der Waals surface area contributed by atoms with E-state index in [0.29, 0.717) is 0 Å². The molecule has 4 unspecified atom stereocenters. The number of nitrogens with one attached hydrogen (secondary N) is 1. The van der Waals surface area contributed by atoms with Crippen LogP contribution in [0.5, 0.6) is 0 Å². The molecule has 13 nitrogen and oxygen atoms in total. The van der Waals surface area contributed by atoms with Gasteiger partial charge >= 0.3 is 12.1 Å². The van der Waals surface area contributed by atoms with Gasteiger partial charge in [0, 0.05) is 6.42 Å². The van der Waals surface area contributed by atoms with Crippen molar-refractivity contribution in [1.82, 2.24) is 19.5 Å². The zero-order valence-corrected chi connectivity index (χ0v) is 21.0. The van der Waals surface area contributed by atoms with Crippen molar-refractivity contribution in [3.05, 3.63) is 11.6 Å². The van der Waals surface area contributed by atoms with E-state index in [-0.39, 0.29) is 41.9 Å². The summed E-state index contributed by atoms with van der Waals surface area (Å²) in [5.41, 5.74) is -0.525. The van der Waals surface area contributed by atoms with Gasteiger partial charge in [0.25, 0.3) is 0 Å². The molecule has 194 valence electrons. The maximum absolute atomic E-state index is 14.9. The van der Waals surface area contributed by atoms with Crippen molar-refractivity contribution in [3.63, 3.8) is 0 Å². The number of imidazole rings is 1. The van der Waals surface area contributed by atoms with Gasteiger partial charge in [0.15, 0.2) is 23.2 Å². The summed E-state index contributed by atoms with van der Waals surface area (Å²) in [5, 5.41) is 2.23. The highest BCUT2D eigenvalue weighted by molar-refractivity contribution is 7.46. The third-order valence-corrected chi connectivity index (χ3v) is 5.50. The highest BCUT2D eigenvalue weighted by atomic mass is 35.5. The van der Waals surface area contributed by atoms with Gasteiger partial charge in [-0.2, -0.15) is 9.97 Å². The Morgan fingerprint density at radius 2 is 2.11 bits per heavy atom. The van der Waals surface area contributed by atoms with E-state index in [9.17, 15) is 23.8 Å². The van der Waals surface area contributed by atoms with E-state index in [1.165, 1.54) is 10.9 Å². The van der Waals surface area contributed by atoms with Gasteiger partial charge < -0.3 is 28.7 Å². The van der Waals surface area contributed by atoms with Gasteiger partial charge in [-0.1, -0.05) is 0 Å². The predicted molar refractivity (Wildman–Crippen MR) is 121 cm³/mol. The van der Waals surface area contributed by atoms with Gasteiger partial charge in [-0.15, -0.1) is 0 Å². The number of alkyl halides is 1. The minimum atomic E-state index is -2.78. The molecular weight excluding hydrogens is 512 g/mol. The van der Waals surface area contributed by atoms with Crippen molar-refractivity contribution in [2.24, 2.45) is 0 Å². The number of amides is 1. The fourth-order valence-corrected chi connectivity index (χ4v) is 3.90. The Hall–Kier alpha value is -2.22. The first-order valence-corrected chi connectivity index (χ1v) is 12.2. The number of aromatic nitrogens is 4. The van der Waals surface area contributed by atoms with Crippen molar-refractivity contribution in [3.8, 4) is 0 Å². The van der Waals surface area contributed by atoms with Crippen LogP contribution in [0.25, 0.3) is 11.2 Å². The van der Waals surface area contributed by atoms with E-state index in [0.717, 1.165) is 0 Å². The molecule has 3 heterocycles. The summed E-state index contributed by atoms with van der Waals surface area (Å²) in [6.45, 7) is 6.37. The van der Waals surface area contributed by atoms with Crippen LogP contribution >= 0.6 is 20.0 Å². The number of ether oxygens (including phenoxy) is 4. The molecule has 1 aliphatic rings. The normalized spacial score (nSPS) is 21.3. The monoisotopic (exact) mass is 537 g/mol. The molecule has 1 aliphatic heterocycles. The number of carbonyl (C=O) groups is 2. The number of hydrogen-bond donors (Lipinski definition) is 3. The number of esters is 1. The Kier molecular flexibility index (Phi) is 8.78. The largest absolute Gasteiger partial charge is 0.464 e. The molecule has 1 saturated heterocycles. The van der Waals surface area contributed by atoms with Gasteiger partial charge in [0.2, 0.25) is 19.5 Å². The molecule has 0 spiro atoms. The molecule has 0 aromatic carbocycles. The lowest BCUT2D eigenvalue weighted by Gasteiger charge is -2.20. The lowest BCUT2D eigenvalue weighted by molar-refractivity contribution is -0.153. The highest BCUT2D eigenvalue weighted by Gasteiger charge is 2.39. The lowest BCUT2D eigenvalue weighted by atomic mass is 10.2. The first kappa shape index (κ1) is 27.4. The Bertz CT molecular complexity index is 1070. The Balaban J connectivity index is 1.75. The molecule has 0 bridgehead atoms. The maximum Gasteiger partial charge on any atom is 0.413 e. The molecule has 2 aromatic rings. The van der Waals surface area contributed by atoms with Crippen LogP contribution in [0.2, 0.25) is 5.28 Å². The van der Waals surface area contributed by atoms with E-state index in [4.69, 9.17) is 30.5 Å². The first-order chi connectivity index (χ1) is 16.4. The molecule has 3 N–H and O–H groups in total. The van der Waals surface area contributed by atoms with Crippen LogP contribution in [0.4, 0.5) is 15.0 Å². The summed E-state index contributed by atoms with van der Waals surface area (Å²) >= 11 is 6.01. The van der Waals surface area contributed by atoms with Crippen molar-refractivity contribution in [1.29, 1.82) is 0 Å². The molecule has 16 heteroatoms. The Labute approximate surface area is 205 Å².